The summed E-state index contributed by atoms with van der Waals surface area (Å²) in [6.45, 7) is 0.394. The minimum absolute atomic E-state index is 0.0286. The molecule has 0 bridgehead atoms. The van der Waals surface area contributed by atoms with Crippen molar-refractivity contribution in [1.82, 2.24) is 10.2 Å². The number of nitrogens with one attached hydrogen (secondary N) is 1. The summed E-state index contributed by atoms with van der Waals surface area (Å²) in [6, 6.07) is 0. The Kier molecular flexibility index (Phi) is 2.83. The first-order chi connectivity index (χ1) is 7.26. The third kappa shape index (κ3) is 1.80. The average Bonchev–Trinajstić information content (AvgIpc) is 2.62. The first-order valence-electron chi connectivity index (χ1n) is 4.95. The number of carbonyl (C=O) groups is 1. The maximum Gasteiger partial charge on any atom is 0.167 e. The molecule has 0 saturated heterocycles. The number of ketones is 1. The van der Waals surface area contributed by atoms with Crippen molar-refractivity contribution in [1.29, 1.82) is 0 Å². The number of rotatable bonds is 3. The predicted molar refractivity (Wildman–Crippen MR) is 52.5 cm³/mol. The van der Waals surface area contributed by atoms with Gasteiger partial charge in [0.1, 0.15) is 0 Å². The molecule has 0 radical (unpaired) electrons. The molecule has 2 rings (SSSR count). The average molecular weight is 210 g/mol. The molecule has 0 amide bonds. The summed E-state index contributed by atoms with van der Waals surface area (Å²) < 4.78 is 4.97. The van der Waals surface area contributed by atoms with Crippen LogP contribution in [-0.4, -0.2) is 34.8 Å². The van der Waals surface area contributed by atoms with Gasteiger partial charge >= 0.3 is 0 Å². The van der Waals surface area contributed by atoms with Gasteiger partial charge in [-0.15, -0.1) is 0 Å². The quantitative estimate of drug-likeness (QED) is 0.752. The molecular weight excluding hydrogens is 196 g/mol. The van der Waals surface area contributed by atoms with E-state index >= 15 is 0 Å². The highest BCUT2D eigenvalue weighted by molar-refractivity contribution is 5.99. The van der Waals surface area contributed by atoms with Crippen molar-refractivity contribution in [3.8, 4) is 0 Å². The standard InChI is InChI=1S/C10H14N2O3/c1-15-5-8-10-7(11-12-8)2-6(4-13)3-9(10)14/h6,13H,2-5H2,1H3,(H,11,12). The molecule has 5 nitrogen and oxygen atoms in total. The fourth-order valence-corrected chi connectivity index (χ4v) is 1.99. The first kappa shape index (κ1) is 10.3. The highest BCUT2D eigenvalue weighted by Crippen LogP contribution is 2.26. The third-order valence-electron chi connectivity index (χ3n) is 2.70. The molecule has 82 valence electrons. The van der Waals surface area contributed by atoms with Gasteiger partial charge in [0.15, 0.2) is 5.78 Å². The summed E-state index contributed by atoms with van der Waals surface area (Å²) in [7, 11) is 1.57. The molecule has 1 aliphatic carbocycles. The molecule has 0 saturated carbocycles. The molecule has 0 aromatic carbocycles. The summed E-state index contributed by atoms with van der Waals surface area (Å²) in [5.74, 6) is 0.0805. The van der Waals surface area contributed by atoms with Crippen molar-refractivity contribution in [3.05, 3.63) is 17.0 Å². The highest BCUT2D eigenvalue weighted by atomic mass is 16.5. The zero-order valence-electron chi connectivity index (χ0n) is 8.62. The molecule has 0 aliphatic heterocycles. The van der Waals surface area contributed by atoms with Crippen LogP contribution >= 0.6 is 0 Å². The van der Waals surface area contributed by atoms with Crippen LogP contribution in [0.15, 0.2) is 0 Å². The van der Waals surface area contributed by atoms with Gasteiger partial charge in [0.25, 0.3) is 0 Å². The maximum atomic E-state index is 11.8. The molecule has 2 N–H and O–H groups in total. The number of ether oxygens (including phenoxy) is 1. The fourth-order valence-electron chi connectivity index (χ4n) is 1.99. The summed E-state index contributed by atoms with van der Waals surface area (Å²) in [5, 5.41) is 15.9. The number of aromatic amines is 1. The van der Waals surface area contributed by atoms with Gasteiger partial charge < -0.3 is 9.84 Å². The van der Waals surface area contributed by atoms with Crippen LogP contribution in [0.25, 0.3) is 0 Å². The van der Waals surface area contributed by atoms with Crippen molar-refractivity contribution in [2.45, 2.75) is 19.4 Å². The van der Waals surface area contributed by atoms with E-state index in [-0.39, 0.29) is 18.3 Å². The Balaban J connectivity index is 2.30. The zero-order chi connectivity index (χ0) is 10.8. The van der Waals surface area contributed by atoms with Crippen LogP contribution in [0.3, 0.4) is 0 Å². The fraction of sp³-hybridized carbons (Fsp3) is 0.600. The molecule has 1 aliphatic rings. The third-order valence-corrected chi connectivity index (χ3v) is 2.70. The van der Waals surface area contributed by atoms with Crippen LogP contribution < -0.4 is 0 Å². The molecule has 1 atom stereocenters. The second-order valence-corrected chi connectivity index (χ2v) is 3.84. The number of hydrogen-bond acceptors (Lipinski definition) is 4. The largest absolute Gasteiger partial charge is 0.396 e. The topological polar surface area (TPSA) is 75.2 Å². The van der Waals surface area contributed by atoms with Gasteiger partial charge in [0, 0.05) is 25.8 Å². The Morgan fingerprint density at radius 2 is 2.40 bits per heavy atom. The summed E-state index contributed by atoms with van der Waals surface area (Å²) in [6.07, 6.45) is 1.09. The molecular formula is C10H14N2O3. The van der Waals surface area contributed by atoms with E-state index in [4.69, 9.17) is 9.84 Å². The van der Waals surface area contributed by atoms with E-state index in [0.717, 1.165) is 5.69 Å². The smallest absolute Gasteiger partial charge is 0.167 e. The van der Waals surface area contributed by atoms with Gasteiger partial charge in [-0.05, 0) is 12.3 Å². The molecule has 1 heterocycles. The van der Waals surface area contributed by atoms with E-state index < -0.39 is 0 Å². The van der Waals surface area contributed by atoms with Gasteiger partial charge in [-0.1, -0.05) is 0 Å². The molecule has 1 aromatic rings. The lowest BCUT2D eigenvalue weighted by Gasteiger charge is -2.18. The Morgan fingerprint density at radius 1 is 1.60 bits per heavy atom. The van der Waals surface area contributed by atoms with E-state index in [9.17, 15) is 4.79 Å². The Hall–Kier alpha value is -1.20. The van der Waals surface area contributed by atoms with Crippen molar-refractivity contribution in [2.75, 3.05) is 13.7 Å². The normalized spacial score (nSPS) is 20.4. The predicted octanol–water partition coefficient (Wildman–Crippen LogP) is 0.293. The lowest BCUT2D eigenvalue weighted by molar-refractivity contribution is 0.0913. The number of nitrogens with zero attached hydrogens (tertiary/aromatic N) is 1. The summed E-state index contributed by atoms with van der Waals surface area (Å²) in [5.41, 5.74) is 2.17. The summed E-state index contributed by atoms with van der Waals surface area (Å²) in [4.78, 5) is 11.8. The zero-order valence-corrected chi connectivity index (χ0v) is 8.62. The molecule has 1 aromatic heterocycles. The lowest BCUT2D eigenvalue weighted by atomic mass is 9.86. The van der Waals surface area contributed by atoms with Crippen LogP contribution in [0.2, 0.25) is 0 Å². The van der Waals surface area contributed by atoms with E-state index in [0.29, 0.717) is 30.7 Å². The SMILES string of the molecule is COCc1n[nH]c2c1C(=O)CC(CO)C2. The minimum Gasteiger partial charge on any atom is -0.396 e. The van der Waals surface area contributed by atoms with Gasteiger partial charge in [0.2, 0.25) is 0 Å². The van der Waals surface area contributed by atoms with Crippen molar-refractivity contribution in [3.63, 3.8) is 0 Å². The van der Waals surface area contributed by atoms with Crippen LogP contribution in [0.4, 0.5) is 0 Å². The number of aliphatic hydroxyl groups excluding tert-OH is 1. The number of hydrogen-bond donors (Lipinski definition) is 2. The van der Waals surface area contributed by atoms with Crippen LogP contribution in [-0.2, 0) is 17.8 Å². The second-order valence-electron chi connectivity index (χ2n) is 3.84. The van der Waals surface area contributed by atoms with E-state index in [1.54, 1.807) is 7.11 Å². The maximum absolute atomic E-state index is 11.8. The monoisotopic (exact) mass is 210 g/mol. The Morgan fingerprint density at radius 3 is 3.07 bits per heavy atom. The molecule has 1 unspecified atom stereocenters. The number of carbonyl (C=O) groups excluding carboxylic acids is 1. The Labute approximate surface area is 87.4 Å². The number of methoxy groups -OCH3 is 1. The van der Waals surface area contributed by atoms with Crippen LogP contribution in [0.5, 0.6) is 0 Å². The van der Waals surface area contributed by atoms with Crippen molar-refractivity contribution < 1.29 is 14.6 Å². The molecule has 15 heavy (non-hydrogen) atoms. The number of Topliss-reactive ketones (excluding diaryl/α,β-unsaturated/α-hetero) is 1. The van der Waals surface area contributed by atoms with Crippen molar-refractivity contribution >= 4 is 5.78 Å². The summed E-state index contributed by atoms with van der Waals surface area (Å²) >= 11 is 0. The van der Waals surface area contributed by atoms with Gasteiger partial charge in [0.05, 0.1) is 17.9 Å². The molecule has 0 fully saturated rings. The first-order valence-corrected chi connectivity index (χ1v) is 4.95. The molecule has 0 spiro atoms. The van der Waals surface area contributed by atoms with Gasteiger partial charge in [-0.25, -0.2) is 0 Å². The minimum atomic E-state index is 0.0286. The Bertz CT molecular complexity index is 373. The van der Waals surface area contributed by atoms with E-state index in [2.05, 4.69) is 10.2 Å². The van der Waals surface area contributed by atoms with E-state index in [1.807, 2.05) is 0 Å². The van der Waals surface area contributed by atoms with Gasteiger partial charge in [-0.3, -0.25) is 9.89 Å². The molecule has 5 heteroatoms. The second kappa shape index (κ2) is 4.12. The number of aliphatic hydroxyl groups is 1. The number of aromatic nitrogens is 2. The van der Waals surface area contributed by atoms with E-state index in [1.165, 1.54) is 0 Å². The van der Waals surface area contributed by atoms with Crippen LogP contribution in [0, 0.1) is 5.92 Å². The number of fused-ring (bicyclic) bond motifs is 1. The van der Waals surface area contributed by atoms with Gasteiger partial charge in [-0.2, -0.15) is 5.10 Å². The highest BCUT2D eigenvalue weighted by Gasteiger charge is 2.29. The van der Waals surface area contributed by atoms with Crippen molar-refractivity contribution in [2.24, 2.45) is 5.92 Å². The lowest BCUT2D eigenvalue weighted by Crippen LogP contribution is -2.22. The number of H-pyrrole nitrogens is 1. The van der Waals surface area contributed by atoms with Crippen LogP contribution in [0.1, 0.15) is 28.2 Å².